The van der Waals surface area contributed by atoms with Crippen LogP contribution in [0.15, 0.2) is 47.9 Å². The first-order valence-corrected chi connectivity index (χ1v) is 8.50. The van der Waals surface area contributed by atoms with Crippen LogP contribution in [0.3, 0.4) is 0 Å². The fourth-order valence-corrected chi connectivity index (χ4v) is 3.13. The number of methoxy groups -OCH3 is 1. The van der Waals surface area contributed by atoms with E-state index in [1.54, 1.807) is 0 Å². The first kappa shape index (κ1) is 17.6. The van der Waals surface area contributed by atoms with Crippen molar-refractivity contribution in [2.24, 2.45) is 0 Å². The molecule has 0 saturated heterocycles. The van der Waals surface area contributed by atoms with Crippen molar-refractivity contribution in [2.75, 3.05) is 7.11 Å². The van der Waals surface area contributed by atoms with Gasteiger partial charge in [-0.15, -0.1) is 0 Å². The molecular formula is C16H14FNO5S. The van der Waals surface area contributed by atoms with Gasteiger partial charge in [-0.1, -0.05) is 12.1 Å². The van der Waals surface area contributed by atoms with Crippen LogP contribution in [-0.2, 0) is 15.6 Å². The highest BCUT2D eigenvalue weighted by Crippen LogP contribution is 2.26. The van der Waals surface area contributed by atoms with Gasteiger partial charge in [0.1, 0.15) is 11.6 Å². The van der Waals surface area contributed by atoms with Gasteiger partial charge in [0.15, 0.2) is 9.84 Å². The van der Waals surface area contributed by atoms with E-state index in [9.17, 15) is 22.9 Å². The maximum atomic E-state index is 12.8. The molecule has 0 radical (unpaired) electrons. The Bertz CT molecular complexity index is 876. The smallest absolute Gasteiger partial charge is 0.270 e. The van der Waals surface area contributed by atoms with E-state index in [1.807, 2.05) is 0 Å². The summed E-state index contributed by atoms with van der Waals surface area (Å²) in [5.74, 6) is -0.620. The normalized spacial score (nSPS) is 11.6. The Morgan fingerprint density at radius 1 is 1.21 bits per heavy atom. The monoisotopic (exact) mass is 351 g/mol. The van der Waals surface area contributed by atoms with Gasteiger partial charge >= 0.3 is 0 Å². The lowest BCUT2D eigenvalue weighted by Crippen LogP contribution is -2.03. The quantitative estimate of drug-likeness (QED) is 0.588. The fourth-order valence-electron chi connectivity index (χ4n) is 2.01. The Balaban J connectivity index is 2.26. The molecule has 0 N–H and O–H groups in total. The van der Waals surface area contributed by atoms with E-state index < -0.39 is 26.3 Å². The highest BCUT2D eigenvalue weighted by atomic mass is 32.2. The van der Waals surface area contributed by atoms with E-state index >= 15 is 0 Å². The highest BCUT2D eigenvalue weighted by molar-refractivity contribution is 7.93. The van der Waals surface area contributed by atoms with Gasteiger partial charge in [0.25, 0.3) is 5.69 Å². The summed E-state index contributed by atoms with van der Waals surface area (Å²) < 4.78 is 42.3. The van der Waals surface area contributed by atoms with Gasteiger partial charge in [0.2, 0.25) is 0 Å². The van der Waals surface area contributed by atoms with E-state index in [0.717, 1.165) is 5.41 Å². The largest absolute Gasteiger partial charge is 0.496 e. The summed E-state index contributed by atoms with van der Waals surface area (Å²) in [5.41, 5.74) is 0.491. The Hall–Kier alpha value is -2.74. The maximum Gasteiger partial charge on any atom is 0.270 e. The van der Waals surface area contributed by atoms with Crippen molar-refractivity contribution in [2.45, 2.75) is 5.75 Å². The van der Waals surface area contributed by atoms with Crippen molar-refractivity contribution in [3.63, 3.8) is 0 Å². The van der Waals surface area contributed by atoms with E-state index in [1.165, 1.54) is 55.7 Å². The predicted octanol–water partition coefficient (Wildman–Crippen LogP) is 3.33. The third kappa shape index (κ3) is 4.63. The van der Waals surface area contributed by atoms with E-state index in [4.69, 9.17) is 4.74 Å². The van der Waals surface area contributed by atoms with Gasteiger partial charge in [0.05, 0.1) is 17.8 Å². The summed E-state index contributed by atoms with van der Waals surface area (Å²) in [5, 5.41) is 11.8. The first-order valence-electron chi connectivity index (χ1n) is 6.78. The summed E-state index contributed by atoms with van der Waals surface area (Å²) in [6.07, 6.45) is 1.33. The number of ether oxygens (including phenoxy) is 1. The second kappa shape index (κ2) is 7.22. The molecule has 2 rings (SSSR count). The van der Waals surface area contributed by atoms with Crippen LogP contribution >= 0.6 is 0 Å². The number of sulfone groups is 1. The first-order chi connectivity index (χ1) is 11.3. The Morgan fingerprint density at radius 3 is 2.46 bits per heavy atom. The molecule has 0 spiro atoms. The number of hydrogen-bond donors (Lipinski definition) is 0. The molecule has 0 amide bonds. The van der Waals surface area contributed by atoms with Crippen LogP contribution < -0.4 is 4.74 Å². The molecular weight excluding hydrogens is 337 g/mol. The minimum Gasteiger partial charge on any atom is -0.496 e. The SMILES string of the molecule is COc1ccc([N+](=O)[O-])cc1CS(=O)(=O)/C=C/c1ccc(F)cc1. The van der Waals surface area contributed by atoms with Crippen LogP contribution in [-0.4, -0.2) is 20.5 Å². The molecule has 24 heavy (non-hydrogen) atoms. The highest BCUT2D eigenvalue weighted by Gasteiger charge is 2.16. The summed E-state index contributed by atoms with van der Waals surface area (Å²) >= 11 is 0. The van der Waals surface area contributed by atoms with Crippen LogP contribution in [0.5, 0.6) is 5.75 Å². The number of nitro groups is 1. The molecule has 0 bridgehead atoms. The molecule has 126 valence electrons. The average molecular weight is 351 g/mol. The molecule has 0 atom stereocenters. The zero-order valence-corrected chi connectivity index (χ0v) is 13.5. The van der Waals surface area contributed by atoms with Gasteiger partial charge in [-0.3, -0.25) is 10.1 Å². The summed E-state index contributed by atoms with van der Waals surface area (Å²) in [6.45, 7) is 0. The molecule has 0 saturated carbocycles. The number of hydrogen-bond acceptors (Lipinski definition) is 5. The van der Waals surface area contributed by atoms with Gasteiger partial charge in [0, 0.05) is 23.1 Å². The summed E-state index contributed by atoms with van der Waals surface area (Å²) in [7, 11) is -2.34. The molecule has 0 aromatic heterocycles. The third-order valence-electron chi connectivity index (χ3n) is 3.17. The van der Waals surface area contributed by atoms with Crippen molar-refractivity contribution < 1.29 is 22.5 Å². The van der Waals surface area contributed by atoms with E-state index in [2.05, 4.69) is 0 Å². The zero-order valence-electron chi connectivity index (χ0n) is 12.7. The molecule has 0 heterocycles. The van der Waals surface area contributed by atoms with Gasteiger partial charge in [-0.05, 0) is 29.8 Å². The minimum absolute atomic E-state index is 0.190. The van der Waals surface area contributed by atoms with Crippen LogP contribution in [0.1, 0.15) is 11.1 Å². The van der Waals surface area contributed by atoms with Crippen molar-refractivity contribution in [1.29, 1.82) is 0 Å². The number of nitro benzene ring substituents is 1. The summed E-state index contributed by atoms with van der Waals surface area (Å²) in [4.78, 5) is 10.2. The molecule has 6 nitrogen and oxygen atoms in total. The van der Waals surface area contributed by atoms with Crippen molar-refractivity contribution in [1.82, 2.24) is 0 Å². The molecule has 0 unspecified atom stereocenters. The van der Waals surface area contributed by atoms with Crippen molar-refractivity contribution in [3.8, 4) is 5.75 Å². The molecule has 2 aromatic carbocycles. The second-order valence-corrected chi connectivity index (χ2v) is 6.80. The minimum atomic E-state index is -3.69. The zero-order chi connectivity index (χ0) is 17.7. The number of rotatable bonds is 6. The van der Waals surface area contributed by atoms with Gasteiger partial charge < -0.3 is 4.74 Å². The topological polar surface area (TPSA) is 86.5 Å². The molecule has 0 aliphatic heterocycles. The van der Waals surface area contributed by atoms with E-state index in [0.29, 0.717) is 5.56 Å². The number of nitrogens with zero attached hydrogens (tertiary/aromatic N) is 1. The second-order valence-electron chi connectivity index (χ2n) is 4.91. The number of halogens is 1. The van der Waals surface area contributed by atoms with E-state index in [-0.39, 0.29) is 17.0 Å². The van der Waals surface area contributed by atoms with Crippen LogP contribution in [0.25, 0.3) is 6.08 Å². The molecule has 0 aliphatic rings. The van der Waals surface area contributed by atoms with Crippen molar-refractivity contribution >= 4 is 21.6 Å². The van der Waals surface area contributed by atoms with Gasteiger partial charge in [-0.2, -0.15) is 0 Å². The Kier molecular flexibility index (Phi) is 5.30. The molecule has 0 aliphatic carbocycles. The lowest BCUT2D eigenvalue weighted by atomic mass is 10.2. The fraction of sp³-hybridized carbons (Fsp3) is 0.125. The Morgan fingerprint density at radius 2 is 1.88 bits per heavy atom. The molecule has 0 fully saturated rings. The van der Waals surface area contributed by atoms with Crippen molar-refractivity contribution in [3.05, 3.63) is 74.9 Å². The summed E-state index contributed by atoms with van der Waals surface area (Å²) in [6, 6.07) is 9.08. The van der Waals surface area contributed by atoms with Gasteiger partial charge in [-0.25, -0.2) is 12.8 Å². The molecule has 2 aromatic rings. The predicted molar refractivity (Wildman–Crippen MR) is 87.7 cm³/mol. The number of non-ortho nitro benzene ring substituents is 1. The lowest BCUT2D eigenvalue weighted by molar-refractivity contribution is -0.384. The Labute approximate surface area is 138 Å². The average Bonchev–Trinajstić information content (AvgIpc) is 2.54. The number of benzene rings is 2. The third-order valence-corrected chi connectivity index (χ3v) is 4.43. The molecule has 8 heteroatoms. The standard InChI is InChI=1S/C16H14FNO5S/c1-23-16-7-6-15(18(19)20)10-13(16)11-24(21,22)9-8-12-2-4-14(17)5-3-12/h2-10H,11H2,1H3/b9-8+. The van der Waals surface area contributed by atoms with Crippen LogP contribution in [0, 0.1) is 15.9 Å². The van der Waals surface area contributed by atoms with Crippen LogP contribution in [0.4, 0.5) is 10.1 Å². The maximum absolute atomic E-state index is 12.8. The van der Waals surface area contributed by atoms with Crippen LogP contribution in [0.2, 0.25) is 0 Å². The lowest BCUT2D eigenvalue weighted by Gasteiger charge is -2.07.